The van der Waals surface area contributed by atoms with E-state index in [4.69, 9.17) is 5.26 Å². The van der Waals surface area contributed by atoms with Crippen molar-refractivity contribution >= 4 is 33.4 Å². The lowest BCUT2D eigenvalue weighted by Gasteiger charge is -2.15. The zero-order valence-corrected chi connectivity index (χ0v) is 12.1. The summed E-state index contributed by atoms with van der Waals surface area (Å²) < 4.78 is 0.976. The molecule has 17 heavy (non-hydrogen) atoms. The van der Waals surface area contributed by atoms with Crippen LogP contribution in [-0.4, -0.2) is 17.5 Å². The van der Waals surface area contributed by atoms with Crippen LogP contribution in [0.1, 0.15) is 24.8 Å². The lowest BCUT2D eigenvalue weighted by Crippen LogP contribution is -2.16. The summed E-state index contributed by atoms with van der Waals surface area (Å²) in [5, 5.41) is 13.2. The van der Waals surface area contributed by atoms with Gasteiger partial charge in [0.25, 0.3) is 0 Å². The van der Waals surface area contributed by atoms with Gasteiger partial charge < -0.3 is 5.32 Å². The largest absolute Gasteiger partial charge is 0.381 e. The summed E-state index contributed by atoms with van der Waals surface area (Å²) in [6, 6.07) is 8.41. The molecule has 0 heterocycles. The van der Waals surface area contributed by atoms with Crippen molar-refractivity contribution in [1.82, 2.24) is 0 Å². The molecule has 0 aromatic heterocycles. The molecule has 0 radical (unpaired) electrons. The maximum atomic E-state index is 8.81. The van der Waals surface area contributed by atoms with E-state index in [1.165, 1.54) is 19.3 Å². The van der Waals surface area contributed by atoms with Gasteiger partial charge >= 0.3 is 0 Å². The Morgan fingerprint density at radius 3 is 2.88 bits per heavy atom. The number of nitrogens with one attached hydrogen (secondary N) is 1. The van der Waals surface area contributed by atoms with Gasteiger partial charge in [-0.3, -0.25) is 0 Å². The van der Waals surface area contributed by atoms with Crippen LogP contribution in [0.25, 0.3) is 0 Å². The number of halogens is 1. The Balaban J connectivity index is 2.02. The molecule has 1 N–H and O–H groups in total. The van der Waals surface area contributed by atoms with Crippen molar-refractivity contribution in [3.8, 4) is 6.07 Å². The molecule has 0 amide bonds. The van der Waals surface area contributed by atoms with E-state index < -0.39 is 0 Å². The number of hydrogen-bond donors (Lipinski definition) is 1. The SMILES string of the molecule is CSC1CCC(Nc2ccc(C#N)cc2Br)C1. The standard InChI is InChI=1S/C13H15BrN2S/c1-17-11-4-3-10(7-11)16-13-5-2-9(8-15)6-12(13)14/h2,5-6,10-11,16H,3-4,7H2,1H3. The minimum absolute atomic E-state index is 0.566. The zero-order valence-electron chi connectivity index (χ0n) is 9.74. The molecule has 2 unspecified atom stereocenters. The highest BCUT2D eigenvalue weighted by Crippen LogP contribution is 2.32. The molecule has 90 valence electrons. The van der Waals surface area contributed by atoms with E-state index in [0.717, 1.165) is 15.4 Å². The second-order valence-corrected chi connectivity index (χ2v) is 6.31. The molecule has 1 aromatic carbocycles. The van der Waals surface area contributed by atoms with Crippen molar-refractivity contribution in [2.75, 3.05) is 11.6 Å². The summed E-state index contributed by atoms with van der Waals surface area (Å²) in [5.41, 5.74) is 1.78. The van der Waals surface area contributed by atoms with E-state index in [-0.39, 0.29) is 0 Å². The minimum atomic E-state index is 0.566. The van der Waals surface area contributed by atoms with E-state index in [2.05, 4.69) is 33.6 Å². The predicted octanol–water partition coefficient (Wildman–Crippen LogP) is 4.02. The van der Waals surface area contributed by atoms with Gasteiger partial charge in [0.05, 0.1) is 11.6 Å². The summed E-state index contributed by atoms with van der Waals surface area (Å²) in [6.07, 6.45) is 5.95. The van der Waals surface area contributed by atoms with Crippen LogP contribution in [0.15, 0.2) is 22.7 Å². The summed E-state index contributed by atoms with van der Waals surface area (Å²) in [5.74, 6) is 0. The fourth-order valence-corrected chi connectivity index (χ4v) is 3.50. The Morgan fingerprint density at radius 1 is 1.47 bits per heavy atom. The lowest BCUT2D eigenvalue weighted by atomic mass is 10.2. The molecule has 0 aliphatic heterocycles. The van der Waals surface area contributed by atoms with Crippen LogP contribution < -0.4 is 5.32 Å². The number of thioether (sulfide) groups is 1. The van der Waals surface area contributed by atoms with Crippen LogP contribution in [0.5, 0.6) is 0 Å². The van der Waals surface area contributed by atoms with E-state index in [0.29, 0.717) is 11.6 Å². The highest BCUT2D eigenvalue weighted by atomic mass is 79.9. The molecule has 2 rings (SSSR count). The highest BCUT2D eigenvalue weighted by molar-refractivity contribution is 9.10. The van der Waals surface area contributed by atoms with Gasteiger partial charge in [-0.05, 0) is 59.6 Å². The van der Waals surface area contributed by atoms with Crippen molar-refractivity contribution in [2.45, 2.75) is 30.6 Å². The average molecular weight is 311 g/mol. The topological polar surface area (TPSA) is 35.8 Å². The molecular weight excluding hydrogens is 296 g/mol. The van der Waals surface area contributed by atoms with E-state index in [9.17, 15) is 0 Å². The molecule has 0 bridgehead atoms. The number of rotatable bonds is 3. The first-order valence-corrected chi connectivity index (χ1v) is 7.80. The third kappa shape index (κ3) is 3.17. The Hall–Kier alpha value is -0.660. The van der Waals surface area contributed by atoms with Crippen LogP contribution in [0, 0.1) is 11.3 Å². The van der Waals surface area contributed by atoms with Gasteiger partial charge in [0.1, 0.15) is 0 Å². The number of benzene rings is 1. The molecule has 2 atom stereocenters. The maximum absolute atomic E-state index is 8.81. The van der Waals surface area contributed by atoms with Gasteiger partial charge in [0, 0.05) is 21.5 Å². The van der Waals surface area contributed by atoms with Gasteiger partial charge in [0.2, 0.25) is 0 Å². The molecule has 0 saturated heterocycles. The highest BCUT2D eigenvalue weighted by Gasteiger charge is 2.23. The van der Waals surface area contributed by atoms with Gasteiger partial charge in [-0.25, -0.2) is 0 Å². The first kappa shape index (κ1) is 12.8. The van der Waals surface area contributed by atoms with Crippen LogP contribution in [0.2, 0.25) is 0 Å². The molecule has 2 nitrogen and oxygen atoms in total. The summed E-state index contributed by atoms with van der Waals surface area (Å²) in [4.78, 5) is 0. The quantitative estimate of drug-likeness (QED) is 0.916. The van der Waals surface area contributed by atoms with Gasteiger partial charge in [-0.1, -0.05) is 0 Å². The van der Waals surface area contributed by atoms with Crippen molar-refractivity contribution in [2.24, 2.45) is 0 Å². The van der Waals surface area contributed by atoms with Crippen molar-refractivity contribution in [1.29, 1.82) is 5.26 Å². The number of nitriles is 1. The molecule has 1 fully saturated rings. The second-order valence-electron chi connectivity index (χ2n) is 4.32. The molecule has 1 aliphatic rings. The average Bonchev–Trinajstić information content (AvgIpc) is 2.79. The van der Waals surface area contributed by atoms with Gasteiger partial charge in [0.15, 0.2) is 0 Å². The lowest BCUT2D eigenvalue weighted by molar-refractivity contribution is 0.756. The predicted molar refractivity (Wildman–Crippen MR) is 77.4 cm³/mol. The van der Waals surface area contributed by atoms with E-state index in [1.807, 2.05) is 30.0 Å². The van der Waals surface area contributed by atoms with Gasteiger partial charge in [-0.15, -0.1) is 0 Å². The Bertz CT molecular complexity index is 442. The summed E-state index contributed by atoms with van der Waals surface area (Å²) >= 11 is 5.47. The van der Waals surface area contributed by atoms with Crippen LogP contribution in [0.3, 0.4) is 0 Å². The fraction of sp³-hybridized carbons (Fsp3) is 0.462. The van der Waals surface area contributed by atoms with Crippen LogP contribution in [0.4, 0.5) is 5.69 Å². The van der Waals surface area contributed by atoms with Crippen molar-refractivity contribution < 1.29 is 0 Å². The number of nitrogens with zero attached hydrogens (tertiary/aromatic N) is 1. The van der Waals surface area contributed by atoms with Gasteiger partial charge in [-0.2, -0.15) is 17.0 Å². The third-order valence-electron chi connectivity index (χ3n) is 3.18. The second kappa shape index (κ2) is 5.79. The smallest absolute Gasteiger partial charge is 0.0992 e. The fourth-order valence-electron chi connectivity index (χ4n) is 2.21. The van der Waals surface area contributed by atoms with E-state index in [1.54, 1.807) is 0 Å². The van der Waals surface area contributed by atoms with E-state index >= 15 is 0 Å². The normalized spacial score (nSPS) is 23.4. The molecule has 1 saturated carbocycles. The summed E-state index contributed by atoms with van der Waals surface area (Å²) in [7, 11) is 0. The zero-order chi connectivity index (χ0) is 12.3. The molecule has 1 aliphatic carbocycles. The molecule has 1 aromatic rings. The summed E-state index contributed by atoms with van der Waals surface area (Å²) in [6.45, 7) is 0. The Kier molecular flexibility index (Phi) is 4.36. The van der Waals surface area contributed by atoms with Crippen molar-refractivity contribution in [3.05, 3.63) is 28.2 Å². The molecular formula is C13H15BrN2S. The minimum Gasteiger partial charge on any atom is -0.381 e. The molecule has 4 heteroatoms. The number of hydrogen-bond acceptors (Lipinski definition) is 3. The first-order chi connectivity index (χ1) is 8.22. The number of anilines is 1. The Labute approximate surface area is 115 Å². The monoisotopic (exact) mass is 310 g/mol. The molecule has 0 spiro atoms. The third-order valence-corrected chi connectivity index (χ3v) is 4.93. The first-order valence-electron chi connectivity index (χ1n) is 5.72. The van der Waals surface area contributed by atoms with Crippen LogP contribution in [-0.2, 0) is 0 Å². The van der Waals surface area contributed by atoms with Crippen molar-refractivity contribution in [3.63, 3.8) is 0 Å². The van der Waals surface area contributed by atoms with Crippen LogP contribution >= 0.6 is 27.7 Å². The maximum Gasteiger partial charge on any atom is 0.0992 e. The Morgan fingerprint density at radius 2 is 2.29 bits per heavy atom.